The fourth-order valence-corrected chi connectivity index (χ4v) is 3.00. The first-order valence-electron chi connectivity index (χ1n) is 5.85. The van der Waals surface area contributed by atoms with Gasteiger partial charge in [0.05, 0.1) is 11.0 Å². The van der Waals surface area contributed by atoms with Crippen molar-refractivity contribution in [1.29, 1.82) is 0 Å². The number of aryl methyl sites for hydroxylation is 1. The first-order valence-corrected chi connectivity index (χ1v) is 7.51. The summed E-state index contributed by atoms with van der Waals surface area (Å²) in [6.45, 7) is 7.30. The lowest BCUT2D eigenvalue weighted by molar-refractivity contribution is -0.384. The lowest BCUT2D eigenvalue weighted by Crippen LogP contribution is -2.23. The van der Waals surface area contributed by atoms with Gasteiger partial charge in [0.15, 0.2) is 12.4 Å². The maximum atomic E-state index is 11.8. The van der Waals surface area contributed by atoms with Gasteiger partial charge in [0.25, 0.3) is 5.69 Å². The number of rotatable bonds is 5. The van der Waals surface area contributed by atoms with Gasteiger partial charge >= 0.3 is 7.95 Å². The summed E-state index contributed by atoms with van der Waals surface area (Å²) in [6, 6.07) is 4.93. The zero-order valence-electron chi connectivity index (χ0n) is 11.1. The molecule has 18 heavy (non-hydrogen) atoms. The van der Waals surface area contributed by atoms with Crippen molar-refractivity contribution in [1.82, 2.24) is 0 Å². The molecule has 0 spiro atoms. The smallest absolute Gasteiger partial charge is 0.258 e. The molecule has 0 fully saturated rings. The molecule has 1 aromatic rings. The quantitative estimate of drug-likeness (QED) is 0.464. The minimum absolute atomic E-state index is 0.00565. The van der Waals surface area contributed by atoms with E-state index >= 15 is 0 Å². The molecule has 0 aliphatic carbocycles. The van der Waals surface area contributed by atoms with Gasteiger partial charge in [-0.1, -0.05) is 13.0 Å². The molecule has 5 nitrogen and oxygen atoms in total. The van der Waals surface area contributed by atoms with Gasteiger partial charge in [-0.2, -0.15) is 4.67 Å². The summed E-state index contributed by atoms with van der Waals surface area (Å²) in [7, 11) is -1.66. The van der Waals surface area contributed by atoms with E-state index in [0.717, 1.165) is 12.0 Å². The third kappa shape index (κ3) is 3.05. The van der Waals surface area contributed by atoms with E-state index in [1.807, 2.05) is 20.8 Å². The van der Waals surface area contributed by atoms with Crippen molar-refractivity contribution in [3.63, 3.8) is 0 Å². The Balaban J connectivity index is 3.41. The van der Waals surface area contributed by atoms with Crippen LogP contribution < -0.4 is 4.67 Å². The summed E-state index contributed by atoms with van der Waals surface area (Å²) < 4.78 is 13.4. The first kappa shape index (κ1) is 14.6. The van der Waals surface area contributed by atoms with Gasteiger partial charge in [-0.15, -0.1) is 0 Å². The molecule has 0 aliphatic heterocycles. The van der Waals surface area contributed by atoms with E-state index in [1.165, 1.54) is 6.07 Å². The highest BCUT2D eigenvalue weighted by molar-refractivity contribution is 7.45. The van der Waals surface area contributed by atoms with Crippen molar-refractivity contribution in [2.24, 2.45) is 0 Å². The van der Waals surface area contributed by atoms with E-state index in [2.05, 4.69) is 0 Å². The van der Waals surface area contributed by atoms with Crippen molar-refractivity contribution in [3.8, 4) is 0 Å². The molecule has 1 unspecified atom stereocenters. The lowest BCUT2D eigenvalue weighted by atomic mass is 10.1. The topological polar surface area (TPSA) is 63.5 Å². The van der Waals surface area contributed by atoms with Crippen LogP contribution in [0.5, 0.6) is 0 Å². The standard InChI is InChI=1S/C12H18N2O3P/c1-5-10-6-7-11(14(15)16)12(8-10)13(9(2)3)18(4)17/h6-9H,5H2,1-4H3/q+1. The zero-order chi connectivity index (χ0) is 13.9. The number of nitro benzene ring substituents is 1. The molecular weight excluding hydrogens is 251 g/mol. The van der Waals surface area contributed by atoms with Crippen molar-refractivity contribution in [2.45, 2.75) is 33.2 Å². The summed E-state index contributed by atoms with van der Waals surface area (Å²) in [5, 5.41) is 11.1. The molecular formula is C12H18N2O3P+. The molecule has 0 heterocycles. The van der Waals surface area contributed by atoms with Crippen molar-refractivity contribution in [3.05, 3.63) is 33.9 Å². The average Bonchev–Trinajstić information content (AvgIpc) is 2.27. The van der Waals surface area contributed by atoms with Crippen LogP contribution in [0.15, 0.2) is 18.2 Å². The molecule has 0 aromatic heterocycles. The van der Waals surface area contributed by atoms with Crippen LogP contribution in [0.1, 0.15) is 26.3 Å². The fourth-order valence-electron chi connectivity index (χ4n) is 1.88. The highest BCUT2D eigenvalue weighted by atomic mass is 31.1. The van der Waals surface area contributed by atoms with E-state index in [-0.39, 0.29) is 11.7 Å². The van der Waals surface area contributed by atoms with Gasteiger partial charge in [0, 0.05) is 6.07 Å². The molecule has 0 saturated heterocycles. The van der Waals surface area contributed by atoms with Crippen molar-refractivity contribution >= 4 is 19.3 Å². The molecule has 98 valence electrons. The van der Waals surface area contributed by atoms with E-state index in [9.17, 15) is 14.7 Å². The molecule has 0 amide bonds. The minimum atomic E-state index is -1.66. The number of anilines is 1. The Morgan fingerprint density at radius 3 is 2.44 bits per heavy atom. The second-order valence-corrected chi connectivity index (χ2v) is 5.70. The SMILES string of the molecule is CCc1ccc([N+](=O)[O-])c(N(C(C)C)[P+](C)=O)c1. The summed E-state index contributed by atoms with van der Waals surface area (Å²) in [6.07, 6.45) is 0.789. The molecule has 1 rings (SSSR count). The van der Waals surface area contributed by atoms with E-state index in [4.69, 9.17) is 0 Å². The Morgan fingerprint density at radius 2 is 2.06 bits per heavy atom. The largest absolute Gasteiger partial charge is 0.459 e. The van der Waals surface area contributed by atoms with Crippen molar-refractivity contribution in [2.75, 3.05) is 11.3 Å². The third-order valence-corrected chi connectivity index (χ3v) is 3.97. The molecule has 0 N–H and O–H groups in total. The second-order valence-electron chi connectivity index (χ2n) is 4.34. The maximum Gasteiger partial charge on any atom is 0.459 e. The lowest BCUT2D eigenvalue weighted by Gasteiger charge is -2.17. The van der Waals surface area contributed by atoms with E-state index < -0.39 is 12.9 Å². The van der Waals surface area contributed by atoms with Gasteiger partial charge in [-0.3, -0.25) is 10.1 Å². The summed E-state index contributed by atoms with van der Waals surface area (Å²) in [4.78, 5) is 10.6. The van der Waals surface area contributed by atoms with E-state index in [1.54, 1.807) is 23.5 Å². The molecule has 0 aliphatic rings. The van der Waals surface area contributed by atoms with Gasteiger partial charge in [-0.25, -0.2) is 0 Å². The maximum absolute atomic E-state index is 11.8. The Bertz CT molecular complexity index is 474. The molecule has 0 radical (unpaired) electrons. The van der Waals surface area contributed by atoms with Crippen LogP contribution in [0.3, 0.4) is 0 Å². The van der Waals surface area contributed by atoms with Crippen LogP contribution in [0.4, 0.5) is 11.4 Å². The Labute approximate surface area is 108 Å². The predicted octanol–water partition coefficient (Wildman–Crippen LogP) is 3.74. The fraction of sp³-hybridized carbons (Fsp3) is 0.500. The number of nitrogens with zero attached hydrogens (tertiary/aromatic N) is 2. The number of hydrogen-bond acceptors (Lipinski definition) is 3. The molecule has 6 heteroatoms. The van der Waals surface area contributed by atoms with Crippen LogP contribution in [0, 0.1) is 10.1 Å². The third-order valence-electron chi connectivity index (χ3n) is 2.68. The van der Waals surface area contributed by atoms with Crippen LogP contribution in [0.25, 0.3) is 0 Å². The number of nitro groups is 1. The second kappa shape index (κ2) is 5.91. The molecule has 0 saturated carbocycles. The first-order chi connectivity index (χ1) is 8.38. The van der Waals surface area contributed by atoms with Crippen LogP contribution in [-0.2, 0) is 11.0 Å². The van der Waals surface area contributed by atoms with Gasteiger partial charge in [0.1, 0.15) is 0 Å². The monoisotopic (exact) mass is 269 g/mol. The number of hydrogen-bond donors (Lipinski definition) is 0. The van der Waals surface area contributed by atoms with Crippen LogP contribution in [-0.4, -0.2) is 17.6 Å². The Hall–Kier alpha value is -1.48. The molecule has 1 atom stereocenters. The minimum Gasteiger partial charge on any atom is -0.258 e. The number of benzene rings is 1. The zero-order valence-corrected chi connectivity index (χ0v) is 12.0. The van der Waals surface area contributed by atoms with E-state index in [0.29, 0.717) is 5.69 Å². The summed E-state index contributed by atoms with van der Waals surface area (Å²) in [5.74, 6) is 0. The van der Waals surface area contributed by atoms with Gasteiger partial charge in [-0.05, 0) is 36.5 Å². The van der Waals surface area contributed by atoms with Gasteiger partial charge < -0.3 is 0 Å². The highest BCUT2D eigenvalue weighted by Gasteiger charge is 2.32. The normalized spacial score (nSPS) is 11.5. The molecule has 1 aromatic carbocycles. The highest BCUT2D eigenvalue weighted by Crippen LogP contribution is 2.39. The Morgan fingerprint density at radius 1 is 1.44 bits per heavy atom. The van der Waals surface area contributed by atoms with Crippen LogP contribution in [0.2, 0.25) is 0 Å². The summed E-state index contributed by atoms with van der Waals surface area (Å²) in [5.41, 5.74) is 1.45. The summed E-state index contributed by atoms with van der Waals surface area (Å²) >= 11 is 0. The molecule has 0 bridgehead atoms. The van der Waals surface area contributed by atoms with Crippen LogP contribution >= 0.6 is 7.95 Å². The Kier molecular flexibility index (Phi) is 4.79. The average molecular weight is 269 g/mol. The van der Waals surface area contributed by atoms with Crippen molar-refractivity contribution < 1.29 is 9.49 Å². The van der Waals surface area contributed by atoms with Gasteiger partial charge in [0.2, 0.25) is 0 Å². The predicted molar refractivity (Wildman–Crippen MR) is 73.6 cm³/mol.